The highest BCUT2D eigenvalue weighted by Crippen LogP contribution is 2.32. The van der Waals surface area contributed by atoms with Gasteiger partial charge in [-0.3, -0.25) is 4.79 Å². The number of nitrogens with zero attached hydrogens (tertiary/aromatic N) is 4. The summed E-state index contributed by atoms with van der Waals surface area (Å²) in [5.74, 6) is 0.0275. The minimum atomic E-state index is 0.0275. The number of carbonyl (C=O) groups excluding carboxylic acids is 1. The lowest BCUT2D eigenvalue weighted by Crippen LogP contribution is -2.38. The van der Waals surface area contributed by atoms with Crippen molar-refractivity contribution < 1.29 is 4.79 Å². The minimum Gasteiger partial charge on any atom is -0.332 e. The Balaban J connectivity index is 1.79. The molecule has 0 unspecified atom stereocenters. The second-order valence-corrected chi connectivity index (χ2v) is 7.72. The quantitative estimate of drug-likeness (QED) is 0.594. The Labute approximate surface area is 159 Å². The van der Waals surface area contributed by atoms with E-state index in [1.54, 1.807) is 12.4 Å². The molecule has 26 heavy (non-hydrogen) atoms. The fourth-order valence-corrected chi connectivity index (χ4v) is 3.75. The maximum Gasteiger partial charge on any atom is 0.257 e. The number of rotatable bonds is 5. The molecule has 2 heterocycles. The van der Waals surface area contributed by atoms with Crippen molar-refractivity contribution in [3.8, 4) is 0 Å². The Kier molecular flexibility index (Phi) is 6.27. The van der Waals surface area contributed by atoms with Crippen LogP contribution in [0.15, 0.2) is 41.8 Å². The molecule has 1 aliphatic heterocycles. The molecule has 0 aliphatic carbocycles. The highest BCUT2D eigenvalue weighted by atomic mass is 32.2. The molecule has 1 atom stereocenters. The smallest absolute Gasteiger partial charge is 0.257 e. The summed E-state index contributed by atoms with van der Waals surface area (Å²) in [6.45, 7) is 1.71. The van der Waals surface area contributed by atoms with Crippen molar-refractivity contribution in [2.24, 2.45) is 0 Å². The van der Waals surface area contributed by atoms with E-state index in [1.165, 1.54) is 22.9 Å². The second-order valence-electron chi connectivity index (χ2n) is 6.95. The number of aromatic nitrogens is 2. The fourth-order valence-electron chi connectivity index (χ4n) is 3.43. The highest BCUT2D eigenvalue weighted by molar-refractivity contribution is 7.98. The van der Waals surface area contributed by atoms with Gasteiger partial charge in [-0.15, -0.1) is 0 Å². The first kappa shape index (κ1) is 18.9. The van der Waals surface area contributed by atoms with E-state index in [-0.39, 0.29) is 11.9 Å². The molecule has 0 saturated carbocycles. The number of thioether (sulfide) groups is 1. The summed E-state index contributed by atoms with van der Waals surface area (Å²) in [5.41, 5.74) is 3.06. The molecule has 1 saturated heterocycles. The first-order valence-electron chi connectivity index (χ1n) is 8.99. The van der Waals surface area contributed by atoms with Gasteiger partial charge < -0.3 is 9.80 Å². The van der Waals surface area contributed by atoms with Crippen LogP contribution < -0.4 is 0 Å². The van der Waals surface area contributed by atoms with E-state index < -0.39 is 0 Å². The largest absolute Gasteiger partial charge is 0.332 e. The van der Waals surface area contributed by atoms with Crippen LogP contribution in [0.1, 0.15) is 46.8 Å². The Hall–Kier alpha value is -1.92. The molecule has 1 aromatic carbocycles. The van der Waals surface area contributed by atoms with Crippen LogP contribution in [0.3, 0.4) is 0 Å². The third-order valence-corrected chi connectivity index (χ3v) is 5.26. The van der Waals surface area contributed by atoms with Crippen molar-refractivity contribution in [3.05, 3.63) is 53.3 Å². The zero-order valence-electron chi connectivity index (χ0n) is 15.7. The molecule has 0 spiro atoms. The summed E-state index contributed by atoms with van der Waals surface area (Å²) in [6, 6.07) is 8.81. The number of amides is 1. The molecule has 5 nitrogen and oxygen atoms in total. The number of carbonyl (C=O) groups is 1. The molecule has 0 N–H and O–H groups in total. The van der Waals surface area contributed by atoms with Gasteiger partial charge in [0, 0.05) is 25.5 Å². The molecular formula is C20H26N4OS. The van der Waals surface area contributed by atoms with Gasteiger partial charge in [0.1, 0.15) is 0 Å². The summed E-state index contributed by atoms with van der Waals surface area (Å²) in [7, 11) is 4.14. The van der Waals surface area contributed by atoms with Crippen molar-refractivity contribution in [3.63, 3.8) is 0 Å². The lowest BCUT2D eigenvalue weighted by molar-refractivity contribution is 0.0610. The van der Waals surface area contributed by atoms with Crippen LogP contribution in [-0.2, 0) is 6.54 Å². The van der Waals surface area contributed by atoms with Gasteiger partial charge in [0.15, 0.2) is 5.16 Å². The number of benzene rings is 1. The molecule has 138 valence electrons. The number of hydrogen-bond acceptors (Lipinski definition) is 5. The zero-order chi connectivity index (χ0) is 18.5. The molecule has 1 amide bonds. The summed E-state index contributed by atoms with van der Waals surface area (Å²) >= 11 is 1.48. The van der Waals surface area contributed by atoms with Crippen molar-refractivity contribution >= 4 is 17.7 Å². The SMILES string of the molecule is CSc1ncc(C(=O)N2CCCC[C@H]2c2ccc(CN(C)C)cc2)cn1. The van der Waals surface area contributed by atoms with Gasteiger partial charge in [-0.2, -0.15) is 0 Å². The molecule has 2 aromatic rings. The average molecular weight is 371 g/mol. The van der Waals surface area contributed by atoms with E-state index in [1.807, 2.05) is 11.2 Å². The summed E-state index contributed by atoms with van der Waals surface area (Å²) in [4.78, 5) is 25.7. The fraction of sp³-hybridized carbons (Fsp3) is 0.450. The maximum absolute atomic E-state index is 13.0. The molecule has 6 heteroatoms. The van der Waals surface area contributed by atoms with Crippen LogP contribution >= 0.6 is 11.8 Å². The number of likely N-dealkylation sites (tertiary alicyclic amines) is 1. The zero-order valence-corrected chi connectivity index (χ0v) is 16.5. The molecular weight excluding hydrogens is 344 g/mol. The van der Waals surface area contributed by atoms with Gasteiger partial charge in [-0.05, 0) is 50.7 Å². The summed E-state index contributed by atoms with van der Waals surface area (Å²) in [6.07, 6.45) is 8.42. The van der Waals surface area contributed by atoms with Crippen molar-refractivity contribution in [1.29, 1.82) is 0 Å². The molecule has 1 aliphatic rings. The van der Waals surface area contributed by atoms with E-state index in [9.17, 15) is 4.79 Å². The lowest BCUT2D eigenvalue weighted by Gasteiger charge is -2.36. The number of piperidine rings is 1. The maximum atomic E-state index is 13.0. The van der Waals surface area contributed by atoms with Crippen LogP contribution in [0.4, 0.5) is 0 Å². The topological polar surface area (TPSA) is 49.3 Å². The van der Waals surface area contributed by atoms with Crippen molar-refractivity contribution in [1.82, 2.24) is 19.8 Å². The van der Waals surface area contributed by atoms with Crippen LogP contribution in [0.25, 0.3) is 0 Å². The average Bonchev–Trinajstić information content (AvgIpc) is 2.68. The minimum absolute atomic E-state index is 0.0275. The van der Waals surface area contributed by atoms with Crippen molar-refractivity contribution in [2.75, 3.05) is 26.9 Å². The van der Waals surface area contributed by atoms with Gasteiger partial charge in [-0.1, -0.05) is 36.0 Å². The van der Waals surface area contributed by atoms with E-state index in [4.69, 9.17) is 0 Å². The first-order chi connectivity index (χ1) is 12.6. The second kappa shape index (κ2) is 8.64. The molecule has 3 rings (SSSR count). The van der Waals surface area contributed by atoms with Crippen LogP contribution in [0, 0.1) is 0 Å². The van der Waals surface area contributed by atoms with Crippen LogP contribution in [0.2, 0.25) is 0 Å². The lowest BCUT2D eigenvalue weighted by atomic mass is 9.94. The van der Waals surface area contributed by atoms with E-state index in [0.29, 0.717) is 10.7 Å². The predicted octanol–water partition coefficient (Wildman–Crippen LogP) is 3.63. The van der Waals surface area contributed by atoms with E-state index in [0.717, 1.165) is 32.4 Å². The van der Waals surface area contributed by atoms with E-state index in [2.05, 4.69) is 53.2 Å². The van der Waals surface area contributed by atoms with E-state index >= 15 is 0 Å². The molecule has 0 radical (unpaired) electrons. The summed E-state index contributed by atoms with van der Waals surface area (Å²) < 4.78 is 0. The van der Waals surface area contributed by atoms with Gasteiger partial charge in [-0.25, -0.2) is 9.97 Å². The molecule has 1 aromatic heterocycles. The Morgan fingerprint density at radius 2 is 1.88 bits per heavy atom. The Bertz CT molecular complexity index is 730. The normalized spacial score (nSPS) is 17.5. The number of hydrogen-bond donors (Lipinski definition) is 0. The third-order valence-electron chi connectivity index (χ3n) is 4.68. The van der Waals surface area contributed by atoms with Gasteiger partial charge in [0.05, 0.1) is 11.6 Å². The van der Waals surface area contributed by atoms with Crippen LogP contribution in [-0.4, -0.2) is 52.6 Å². The first-order valence-corrected chi connectivity index (χ1v) is 10.2. The Morgan fingerprint density at radius 3 is 2.50 bits per heavy atom. The Morgan fingerprint density at radius 1 is 1.19 bits per heavy atom. The van der Waals surface area contributed by atoms with Crippen LogP contribution in [0.5, 0.6) is 0 Å². The van der Waals surface area contributed by atoms with Crippen molar-refractivity contribution in [2.45, 2.75) is 37.0 Å². The van der Waals surface area contributed by atoms with Gasteiger partial charge >= 0.3 is 0 Å². The molecule has 1 fully saturated rings. The van der Waals surface area contributed by atoms with Gasteiger partial charge in [0.25, 0.3) is 5.91 Å². The monoisotopic (exact) mass is 370 g/mol. The molecule has 0 bridgehead atoms. The van der Waals surface area contributed by atoms with Gasteiger partial charge in [0.2, 0.25) is 0 Å². The summed E-state index contributed by atoms with van der Waals surface area (Å²) in [5, 5.41) is 0.688. The highest BCUT2D eigenvalue weighted by Gasteiger charge is 2.29. The predicted molar refractivity (Wildman–Crippen MR) is 105 cm³/mol. The third kappa shape index (κ3) is 4.43. The standard InChI is InChI=1S/C20H26N4OS/c1-23(2)14-15-7-9-16(10-8-15)18-6-4-5-11-24(18)19(25)17-12-21-20(26-3)22-13-17/h7-10,12-13,18H,4-6,11,14H2,1-3H3/t18-/m0/s1.